The molecular formula is C20H19ClF3NO2. The lowest BCUT2D eigenvalue weighted by Crippen LogP contribution is -2.46. The summed E-state index contributed by atoms with van der Waals surface area (Å²) in [6, 6.07) is 10.8. The normalized spacial score (nSPS) is 19.6. The highest BCUT2D eigenvalue weighted by Crippen LogP contribution is 2.36. The van der Waals surface area contributed by atoms with Gasteiger partial charge in [-0.15, -0.1) is 0 Å². The zero-order valence-electron chi connectivity index (χ0n) is 14.4. The van der Waals surface area contributed by atoms with Gasteiger partial charge in [0.25, 0.3) is 0 Å². The van der Waals surface area contributed by atoms with E-state index in [1.165, 1.54) is 12.1 Å². The predicted octanol–water partition coefficient (Wildman–Crippen LogP) is 5.39. The first kappa shape index (κ1) is 19.7. The van der Waals surface area contributed by atoms with Crippen molar-refractivity contribution in [3.8, 4) is 0 Å². The maximum Gasteiger partial charge on any atom is 0.416 e. The van der Waals surface area contributed by atoms with E-state index in [0.29, 0.717) is 23.6 Å². The van der Waals surface area contributed by atoms with Crippen LogP contribution in [0.4, 0.5) is 13.2 Å². The van der Waals surface area contributed by atoms with Gasteiger partial charge in [0.2, 0.25) is 0 Å². The number of piperidine rings is 1. The third-order valence-electron chi connectivity index (χ3n) is 4.90. The monoisotopic (exact) mass is 397 g/mol. The van der Waals surface area contributed by atoms with E-state index >= 15 is 0 Å². The summed E-state index contributed by atoms with van der Waals surface area (Å²) in [5.41, 5.74) is 0.695. The number of benzene rings is 2. The molecule has 2 atom stereocenters. The van der Waals surface area contributed by atoms with Gasteiger partial charge in [0.15, 0.2) is 0 Å². The lowest BCUT2D eigenvalue weighted by molar-refractivity contribution is -0.145. The molecular weight excluding hydrogens is 379 g/mol. The molecule has 2 aromatic rings. The van der Waals surface area contributed by atoms with Crippen molar-refractivity contribution >= 4 is 17.6 Å². The molecule has 0 aromatic heterocycles. The van der Waals surface area contributed by atoms with Crippen molar-refractivity contribution in [3.63, 3.8) is 0 Å². The lowest BCUT2D eigenvalue weighted by Gasteiger charge is -2.39. The van der Waals surface area contributed by atoms with Crippen LogP contribution in [0.3, 0.4) is 0 Å². The van der Waals surface area contributed by atoms with Gasteiger partial charge >= 0.3 is 12.1 Å². The van der Waals surface area contributed by atoms with Crippen LogP contribution in [0, 0.1) is 0 Å². The van der Waals surface area contributed by atoms with Crippen molar-refractivity contribution in [2.75, 3.05) is 6.54 Å². The van der Waals surface area contributed by atoms with Crippen LogP contribution in [0.15, 0.2) is 48.5 Å². The highest BCUT2D eigenvalue weighted by atomic mass is 35.5. The second-order valence-corrected chi connectivity index (χ2v) is 7.10. The summed E-state index contributed by atoms with van der Waals surface area (Å²) in [7, 11) is 0. The van der Waals surface area contributed by atoms with E-state index < -0.39 is 29.8 Å². The molecule has 1 saturated heterocycles. The Balaban J connectivity index is 2.04. The maximum atomic E-state index is 12.9. The molecule has 2 aromatic carbocycles. The topological polar surface area (TPSA) is 40.5 Å². The number of aliphatic carboxylic acids is 1. The van der Waals surface area contributed by atoms with Crippen LogP contribution >= 0.6 is 11.6 Å². The number of hydrogen-bond donors (Lipinski definition) is 1. The first-order valence-electron chi connectivity index (χ1n) is 8.68. The van der Waals surface area contributed by atoms with Gasteiger partial charge in [-0.05, 0) is 54.8 Å². The highest BCUT2D eigenvalue weighted by molar-refractivity contribution is 6.30. The quantitative estimate of drug-likeness (QED) is 0.752. The molecule has 1 aliphatic heterocycles. The Hall–Kier alpha value is -2.05. The SMILES string of the molecule is O=C(O)C1CCCCN1C(c1ccc(Cl)cc1)c1ccc(C(F)(F)F)cc1. The molecule has 1 N–H and O–H groups in total. The summed E-state index contributed by atoms with van der Waals surface area (Å²) in [5.74, 6) is -0.916. The van der Waals surface area contributed by atoms with Gasteiger partial charge in [0.05, 0.1) is 11.6 Å². The summed E-state index contributed by atoms with van der Waals surface area (Å²) < 4.78 is 38.7. The van der Waals surface area contributed by atoms with Crippen molar-refractivity contribution in [2.24, 2.45) is 0 Å². The third-order valence-corrected chi connectivity index (χ3v) is 5.15. The summed E-state index contributed by atoms with van der Waals surface area (Å²) in [6.45, 7) is 0.561. The molecule has 2 unspecified atom stereocenters. The van der Waals surface area contributed by atoms with E-state index in [4.69, 9.17) is 11.6 Å². The summed E-state index contributed by atoms with van der Waals surface area (Å²) in [6.07, 6.45) is -2.24. The molecule has 0 amide bonds. The molecule has 0 saturated carbocycles. The van der Waals surface area contributed by atoms with Crippen molar-refractivity contribution in [1.82, 2.24) is 4.90 Å². The van der Waals surface area contributed by atoms with E-state index in [1.807, 2.05) is 4.90 Å². The standard InChI is InChI=1S/C20H19ClF3NO2/c21-16-10-6-14(7-11-16)18(25-12-2-1-3-17(25)19(26)27)13-4-8-15(9-5-13)20(22,23)24/h4-11,17-18H,1-3,12H2,(H,26,27). The average molecular weight is 398 g/mol. The first-order chi connectivity index (χ1) is 12.8. The van der Waals surface area contributed by atoms with Crippen molar-refractivity contribution < 1.29 is 23.1 Å². The predicted molar refractivity (Wildman–Crippen MR) is 96.7 cm³/mol. The summed E-state index contributed by atoms with van der Waals surface area (Å²) >= 11 is 5.97. The van der Waals surface area contributed by atoms with E-state index in [9.17, 15) is 23.1 Å². The lowest BCUT2D eigenvalue weighted by atomic mass is 9.91. The number of carboxylic acid groups (broad SMARTS) is 1. The van der Waals surface area contributed by atoms with Gasteiger partial charge in [-0.2, -0.15) is 13.2 Å². The Morgan fingerprint density at radius 3 is 2.11 bits per heavy atom. The van der Waals surface area contributed by atoms with Gasteiger partial charge in [-0.25, -0.2) is 0 Å². The molecule has 3 rings (SSSR count). The molecule has 1 fully saturated rings. The minimum Gasteiger partial charge on any atom is -0.480 e. The molecule has 1 heterocycles. The summed E-state index contributed by atoms with van der Waals surface area (Å²) in [4.78, 5) is 13.6. The molecule has 7 heteroatoms. The highest BCUT2D eigenvalue weighted by Gasteiger charge is 2.36. The molecule has 1 aliphatic rings. The van der Waals surface area contributed by atoms with Gasteiger partial charge < -0.3 is 5.11 Å². The zero-order valence-corrected chi connectivity index (χ0v) is 15.2. The van der Waals surface area contributed by atoms with Gasteiger partial charge in [-0.3, -0.25) is 9.69 Å². The van der Waals surface area contributed by atoms with Gasteiger partial charge in [0.1, 0.15) is 6.04 Å². The van der Waals surface area contributed by atoms with Crippen LogP contribution < -0.4 is 0 Å². The maximum absolute atomic E-state index is 12.9. The molecule has 144 valence electrons. The van der Waals surface area contributed by atoms with Crippen LogP contribution in [-0.2, 0) is 11.0 Å². The van der Waals surface area contributed by atoms with Gasteiger partial charge in [0, 0.05) is 5.02 Å². The second-order valence-electron chi connectivity index (χ2n) is 6.66. The number of alkyl halides is 3. The molecule has 0 bridgehead atoms. The minimum absolute atomic E-state index is 0.453. The smallest absolute Gasteiger partial charge is 0.416 e. The molecule has 27 heavy (non-hydrogen) atoms. The third kappa shape index (κ3) is 4.45. The molecule has 0 radical (unpaired) electrons. The first-order valence-corrected chi connectivity index (χ1v) is 9.06. The molecule has 3 nitrogen and oxygen atoms in total. The van der Waals surface area contributed by atoms with Crippen LogP contribution in [0.5, 0.6) is 0 Å². The van der Waals surface area contributed by atoms with Crippen molar-refractivity contribution in [2.45, 2.75) is 37.5 Å². The Morgan fingerprint density at radius 1 is 1.04 bits per heavy atom. The number of likely N-dealkylation sites (tertiary alicyclic amines) is 1. The number of hydrogen-bond acceptors (Lipinski definition) is 2. The van der Waals surface area contributed by atoms with Crippen LogP contribution in [0.2, 0.25) is 5.02 Å². The fourth-order valence-electron chi connectivity index (χ4n) is 3.60. The minimum atomic E-state index is -4.41. The number of halogens is 4. The zero-order chi connectivity index (χ0) is 19.6. The number of rotatable bonds is 4. The van der Waals surface area contributed by atoms with Crippen molar-refractivity contribution in [1.29, 1.82) is 0 Å². The summed E-state index contributed by atoms with van der Waals surface area (Å²) in [5, 5.41) is 10.2. The van der Waals surface area contributed by atoms with Crippen LogP contribution in [0.25, 0.3) is 0 Å². The van der Waals surface area contributed by atoms with Crippen molar-refractivity contribution in [3.05, 3.63) is 70.2 Å². The largest absolute Gasteiger partial charge is 0.480 e. The fourth-order valence-corrected chi connectivity index (χ4v) is 3.73. The average Bonchev–Trinajstić information content (AvgIpc) is 2.63. The Kier molecular flexibility index (Phi) is 5.77. The number of nitrogens with zero attached hydrogens (tertiary/aromatic N) is 1. The second kappa shape index (κ2) is 7.90. The number of carbonyl (C=O) groups is 1. The Labute approximate surface area is 160 Å². The fraction of sp³-hybridized carbons (Fsp3) is 0.350. The van der Waals surface area contributed by atoms with E-state index in [0.717, 1.165) is 30.5 Å². The Morgan fingerprint density at radius 2 is 1.59 bits per heavy atom. The van der Waals surface area contributed by atoms with Crippen LogP contribution in [-0.4, -0.2) is 28.6 Å². The van der Waals surface area contributed by atoms with E-state index in [1.54, 1.807) is 24.3 Å². The van der Waals surface area contributed by atoms with E-state index in [2.05, 4.69) is 0 Å². The van der Waals surface area contributed by atoms with E-state index in [-0.39, 0.29) is 0 Å². The van der Waals surface area contributed by atoms with Gasteiger partial charge in [-0.1, -0.05) is 42.3 Å². The molecule has 0 spiro atoms. The van der Waals surface area contributed by atoms with Crippen LogP contribution in [0.1, 0.15) is 42.0 Å². The Bertz CT molecular complexity index is 790. The number of carboxylic acids is 1. The molecule has 0 aliphatic carbocycles.